The second kappa shape index (κ2) is 10.8. The van der Waals surface area contributed by atoms with Crippen LogP contribution in [-0.4, -0.2) is 54.0 Å². The van der Waals surface area contributed by atoms with Crippen LogP contribution in [0.2, 0.25) is 0 Å². The number of pyridine rings is 1. The number of rotatable bonds is 6. The number of nitrogens with zero attached hydrogens (tertiary/aromatic N) is 6. The SMILES string of the molecule is C=CC(=O)N1CCc2sc(Nc3nc(-c4ccnc(N5CCn6c(cc7c6CC(C)(C)C7)C5=O)c4CO)cn(C)c3=O)cc2C1. The first-order valence-electron chi connectivity index (χ1n) is 15.1. The highest BCUT2D eigenvalue weighted by molar-refractivity contribution is 7.16. The van der Waals surface area contributed by atoms with Gasteiger partial charge >= 0.3 is 0 Å². The van der Waals surface area contributed by atoms with Crippen molar-refractivity contribution in [1.82, 2.24) is 24.0 Å². The fraction of sp³-hybridized carbons (Fsp3) is 0.364. The van der Waals surface area contributed by atoms with Gasteiger partial charge in [-0.1, -0.05) is 20.4 Å². The molecule has 0 saturated carbocycles. The number of thiophene rings is 1. The molecule has 2 amide bonds. The molecule has 2 N–H and O–H groups in total. The summed E-state index contributed by atoms with van der Waals surface area (Å²) in [6.07, 6.45) is 7.18. The third-order valence-electron chi connectivity index (χ3n) is 9.01. The Labute approximate surface area is 264 Å². The Hall–Kier alpha value is -4.55. The number of fused-ring (bicyclic) bond motifs is 4. The Morgan fingerprint density at radius 3 is 2.78 bits per heavy atom. The van der Waals surface area contributed by atoms with E-state index >= 15 is 0 Å². The zero-order valence-electron chi connectivity index (χ0n) is 25.6. The monoisotopic (exact) mass is 625 g/mol. The number of carbonyl (C=O) groups is 2. The van der Waals surface area contributed by atoms with Crippen molar-refractivity contribution in [2.45, 2.75) is 52.8 Å². The van der Waals surface area contributed by atoms with Crippen LogP contribution in [0.1, 0.15) is 51.6 Å². The molecule has 0 unspecified atom stereocenters. The molecule has 0 spiro atoms. The van der Waals surface area contributed by atoms with Crippen LogP contribution in [0, 0.1) is 5.41 Å². The predicted octanol–water partition coefficient (Wildman–Crippen LogP) is 3.80. The molecule has 12 heteroatoms. The van der Waals surface area contributed by atoms with Crippen molar-refractivity contribution in [2.24, 2.45) is 12.5 Å². The van der Waals surface area contributed by atoms with E-state index in [9.17, 15) is 19.5 Å². The lowest BCUT2D eigenvalue weighted by atomic mass is 9.90. The minimum Gasteiger partial charge on any atom is -0.392 e. The molecular formula is C33H35N7O4S. The van der Waals surface area contributed by atoms with Gasteiger partial charge in [-0.15, -0.1) is 11.3 Å². The van der Waals surface area contributed by atoms with Crippen LogP contribution in [0.5, 0.6) is 0 Å². The Kier molecular flexibility index (Phi) is 7.01. The van der Waals surface area contributed by atoms with Gasteiger partial charge in [-0.3, -0.25) is 19.3 Å². The molecule has 0 aromatic carbocycles. The average Bonchev–Trinajstić information content (AvgIpc) is 3.67. The Morgan fingerprint density at radius 2 is 2.00 bits per heavy atom. The maximum Gasteiger partial charge on any atom is 0.293 e. The van der Waals surface area contributed by atoms with Crippen LogP contribution in [0.15, 0.2) is 48.0 Å². The normalized spacial score (nSPS) is 16.8. The summed E-state index contributed by atoms with van der Waals surface area (Å²) in [5.41, 5.74) is 5.57. The van der Waals surface area contributed by atoms with Crippen molar-refractivity contribution >= 4 is 39.8 Å². The number of aromatic nitrogens is 4. The van der Waals surface area contributed by atoms with Gasteiger partial charge in [0.2, 0.25) is 5.91 Å². The number of aliphatic hydroxyl groups excluding tert-OH is 1. The van der Waals surface area contributed by atoms with Crippen LogP contribution in [0.4, 0.5) is 16.6 Å². The second-order valence-corrected chi connectivity index (χ2v) is 13.9. The summed E-state index contributed by atoms with van der Waals surface area (Å²) in [7, 11) is 1.65. The number of carbonyl (C=O) groups excluding carboxylic acids is 2. The first-order chi connectivity index (χ1) is 21.6. The first kappa shape index (κ1) is 29.2. The molecule has 232 valence electrons. The molecule has 4 aromatic rings. The summed E-state index contributed by atoms with van der Waals surface area (Å²) in [6, 6.07) is 5.72. The highest BCUT2D eigenvalue weighted by atomic mass is 32.1. The van der Waals surface area contributed by atoms with Crippen LogP contribution in [0.25, 0.3) is 11.3 Å². The van der Waals surface area contributed by atoms with Crippen molar-refractivity contribution in [3.8, 4) is 11.3 Å². The number of anilines is 3. The van der Waals surface area contributed by atoms with E-state index in [1.165, 1.54) is 21.9 Å². The van der Waals surface area contributed by atoms with Gasteiger partial charge in [0.25, 0.3) is 11.5 Å². The number of nitrogens with one attached hydrogen (secondary N) is 1. The largest absolute Gasteiger partial charge is 0.392 e. The van der Waals surface area contributed by atoms with Gasteiger partial charge in [0.15, 0.2) is 5.82 Å². The predicted molar refractivity (Wildman–Crippen MR) is 173 cm³/mol. The highest BCUT2D eigenvalue weighted by Gasteiger charge is 2.37. The summed E-state index contributed by atoms with van der Waals surface area (Å²) < 4.78 is 3.60. The molecule has 0 saturated heterocycles. The third-order valence-corrected chi connectivity index (χ3v) is 10.2. The Bertz CT molecular complexity index is 1950. The molecule has 0 radical (unpaired) electrons. The van der Waals surface area contributed by atoms with Crippen LogP contribution < -0.4 is 15.8 Å². The van der Waals surface area contributed by atoms with Crippen LogP contribution in [-0.2, 0) is 50.8 Å². The van der Waals surface area contributed by atoms with Gasteiger partial charge in [-0.05, 0) is 60.1 Å². The molecule has 1 aliphatic carbocycles. The molecule has 3 aliphatic rings. The minimum absolute atomic E-state index is 0.103. The van der Waals surface area contributed by atoms with Gasteiger partial charge < -0.3 is 24.5 Å². The molecule has 0 atom stereocenters. The molecular weight excluding hydrogens is 590 g/mol. The van der Waals surface area contributed by atoms with Crippen molar-refractivity contribution in [3.05, 3.63) is 86.6 Å². The Morgan fingerprint density at radius 1 is 1.18 bits per heavy atom. The van der Waals surface area contributed by atoms with E-state index in [1.54, 1.807) is 46.6 Å². The molecule has 11 nitrogen and oxygen atoms in total. The van der Waals surface area contributed by atoms with E-state index in [2.05, 4.69) is 35.3 Å². The van der Waals surface area contributed by atoms with Gasteiger partial charge in [-0.25, -0.2) is 9.97 Å². The lowest BCUT2D eigenvalue weighted by Crippen LogP contribution is -2.41. The second-order valence-electron chi connectivity index (χ2n) is 12.7. The van der Waals surface area contributed by atoms with Gasteiger partial charge in [0.05, 0.1) is 17.3 Å². The molecule has 6 heterocycles. The summed E-state index contributed by atoms with van der Waals surface area (Å²) in [5, 5.41) is 14.6. The van der Waals surface area contributed by atoms with Crippen molar-refractivity contribution in [2.75, 3.05) is 23.3 Å². The molecule has 45 heavy (non-hydrogen) atoms. The van der Waals surface area contributed by atoms with E-state index in [-0.39, 0.29) is 35.2 Å². The Balaban J connectivity index is 1.20. The van der Waals surface area contributed by atoms with E-state index in [1.807, 2.05) is 12.1 Å². The number of amides is 2. The smallest absolute Gasteiger partial charge is 0.293 e. The van der Waals surface area contributed by atoms with Crippen molar-refractivity contribution < 1.29 is 14.7 Å². The van der Waals surface area contributed by atoms with Crippen molar-refractivity contribution in [3.63, 3.8) is 0 Å². The summed E-state index contributed by atoms with van der Waals surface area (Å²) >= 11 is 1.54. The van der Waals surface area contributed by atoms with Crippen LogP contribution >= 0.6 is 11.3 Å². The lowest BCUT2D eigenvalue weighted by Gasteiger charge is -2.30. The minimum atomic E-state index is -0.362. The first-order valence-corrected chi connectivity index (χ1v) is 15.9. The summed E-state index contributed by atoms with van der Waals surface area (Å²) in [5.74, 6) is 0.286. The number of aryl methyl sites for hydroxylation is 1. The standard InChI is InChI=1S/C33H35N7O4S/c1-5-28(42)38-9-7-26-20(16-38)13-27(45-26)36-29-32(44)37(4)17-23(35-29)21-6-8-34-30(22(21)18-41)40-11-10-39-24(31(40)43)12-19-14-33(2,3)15-25(19)39/h5-6,8,12-13,17,41H,1,7,9-11,14-16,18H2,2-4H3,(H,35,36). The van der Waals surface area contributed by atoms with E-state index < -0.39 is 0 Å². The lowest BCUT2D eigenvalue weighted by molar-refractivity contribution is -0.126. The fourth-order valence-corrected chi connectivity index (χ4v) is 7.93. The highest BCUT2D eigenvalue weighted by Crippen LogP contribution is 2.40. The van der Waals surface area contributed by atoms with E-state index in [0.717, 1.165) is 34.7 Å². The maximum atomic E-state index is 13.8. The van der Waals surface area contributed by atoms with Crippen LogP contribution in [0.3, 0.4) is 0 Å². The van der Waals surface area contributed by atoms with Gasteiger partial charge in [-0.2, -0.15) is 0 Å². The van der Waals surface area contributed by atoms with E-state index in [0.29, 0.717) is 54.5 Å². The topological polar surface area (TPSA) is 126 Å². The van der Waals surface area contributed by atoms with E-state index in [4.69, 9.17) is 4.98 Å². The number of hydrogen-bond donors (Lipinski definition) is 2. The van der Waals surface area contributed by atoms with Gasteiger partial charge in [0.1, 0.15) is 11.5 Å². The molecule has 4 aromatic heterocycles. The number of aliphatic hydroxyl groups is 1. The fourth-order valence-electron chi connectivity index (χ4n) is 6.87. The quantitative estimate of drug-likeness (QED) is 0.312. The zero-order valence-corrected chi connectivity index (χ0v) is 26.4. The molecule has 2 aliphatic heterocycles. The molecule has 0 fully saturated rings. The maximum absolute atomic E-state index is 13.8. The summed E-state index contributed by atoms with van der Waals surface area (Å²) in [6.45, 7) is 9.93. The zero-order chi connectivity index (χ0) is 31.6. The number of hydrogen-bond acceptors (Lipinski definition) is 8. The summed E-state index contributed by atoms with van der Waals surface area (Å²) in [4.78, 5) is 52.9. The van der Waals surface area contributed by atoms with Gasteiger partial charge in [0, 0.05) is 67.3 Å². The third kappa shape index (κ3) is 4.98. The average molecular weight is 626 g/mol. The van der Waals surface area contributed by atoms with Crippen molar-refractivity contribution in [1.29, 1.82) is 0 Å². The molecule has 7 rings (SSSR count). The molecule has 0 bridgehead atoms.